The molecule has 2 aliphatic heterocycles. The monoisotopic (exact) mass is 735 g/mol. The van der Waals surface area contributed by atoms with E-state index in [1.165, 1.54) is 24.8 Å². The zero-order valence-corrected chi connectivity index (χ0v) is 27.7. The molecule has 258 valence electrons. The SMILES string of the molecule is Nc1ncnc2c1ncn2[C@@H]1O[C@H](COP(=O)(O)OP(=O)(O)OP(=O)(O)Oc2ccc3ccccc3c2)C2OC(Cc3ccccc3)O[C@@H]21. The van der Waals surface area contributed by atoms with E-state index >= 15 is 0 Å². The molecule has 5 N–H and O–H groups in total. The molecule has 0 aliphatic carbocycles. The number of phosphoric acid groups is 3. The van der Waals surface area contributed by atoms with Gasteiger partial charge in [0.1, 0.15) is 35.9 Å². The van der Waals surface area contributed by atoms with Gasteiger partial charge in [0.15, 0.2) is 24.0 Å². The van der Waals surface area contributed by atoms with E-state index in [4.69, 9.17) is 29.0 Å². The summed E-state index contributed by atoms with van der Waals surface area (Å²) in [6.45, 7) is -0.721. The lowest BCUT2D eigenvalue weighted by Gasteiger charge is -2.22. The van der Waals surface area contributed by atoms with E-state index < -0.39 is 60.9 Å². The molecular weight excluding hydrogens is 707 g/mol. The first-order valence-corrected chi connectivity index (χ1v) is 19.0. The van der Waals surface area contributed by atoms with E-state index in [9.17, 15) is 28.4 Å². The van der Waals surface area contributed by atoms with Crippen molar-refractivity contribution < 1.29 is 60.3 Å². The number of ether oxygens (including phenoxy) is 3. The third kappa shape index (κ3) is 7.61. The zero-order chi connectivity index (χ0) is 34.4. The number of benzene rings is 3. The van der Waals surface area contributed by atoms with E-state index in [2.05, 4.69) is 23.6 Å². The van der Waals surface area contributed by atoms with Crippen LogP contribution in [0, 0.1) is 0 Å². The van der Waals surface area contributed by atoms with Gasteiger partial charge in [-0.15, -0.1) is 0 Å². The highest BCUT2D eigenvalue weighted by Gasteiger charge is 2.54. The van der Waals surface area contributed by atoms with Crippen molar-refractivity contribution in [2.24, 2.45) is 0 Å². The number of fused-ring (bicyclic) bond motifs is 3. The first-order valence-electron chi connectivity index (χ1n) is 14.5. The number of rotatable bonds is 12. The van der Waals surface area contributed by atoms with Crippen molar-refractivity contribution in [2.45, 2.75) is 37.3 Å². The Morgan fingerprint density at radius 2 is 1.51 bits per heavy atom. The minimum absolute atomic E-state index is 0.132. The fourth-order valence-corrected chi connectivity index (χ4v) is 9.07. The topological polar surface area (TPSA) is 246 Å². The van der Waals surface area contributed by atoms with E-state index in [0.29, 0.717) is 23.0 Å². The predicted molar refractivity (Wildman–Crippen MR) is 169 cm³/mol. The summed E-state index contributed by atoms with van der Waals surface area (Å²) in [7, 11) is -16.6. The summed E-state index contributed by atoms with van der Waals surface area (Å²) in [4.78, 5) is 43.0. The number of imidazole rings is 1. The summed E-state index contributed by atoms with van der Waals surface area (Å²) in [6.07, 6.45) is -1.42. The quantitative estimate of drug-likeness (QED) is 0.131. The second kappa shape index (κ2) is 13.3. The van der Waals surface area contributed by atoms with Gasteiger partial charge in [0.2, 0.25) is 0 Å². The van der Waals surface area contributed by atoms with Crippen LogP contribution in [-0.2, 0) is 47.5 Å². The number of nitrogens with two attached hydrogens (primary N) is 1. The van der Waals surface area contributed by atoms with Crippen LogP contribution in [0.3, 0.4) is 0 Å². The van der Waals surface area contributed by atoms with Crippen molar-refractivity contribution in [3.63, 3.8) is 0 Å². The maximum Gasteiger partial charge on any atom is 0.536 e. The summed E-state index contributed by atoms with van der Waals surface area (Å²) in [6, 6.07) is 20.7. The second-order valence-corrected chi connectivity index (χ2v) is 15.5. The molecule has 4 heterocycles. The lowest BCUT2D eigenvalue weighted by atomic mass is 10.1. The summed E-state index contributed by atoms with van der Waals surface area (Å²) >= 11 is 0. The van der Waals surface area contributed by atoms with Crippen LogP contribution in [0.1, 0.15) is 11.8 Å². The van der Waals surface area contributed by atoms with Gasteiger partial charge in [-0.1, -0.05) is 60.7 Å². The Kier molecular flexibility index (Phi) is 9.17. The van der Waals surface area contributed by atoms with Crippen molar-refractivity contribution in [3.8, 4) is 5.75 Å². The summed E-state index contributed by atoms with van der Waals surface area (Å²) in [5.41, 5.74) is 7.49. The van der Waals surface area contributed by atoms with Crippen LogP contribution in [0.15, 0.2) is 85.5 Å². The Morgan fingerprint density at radius 1 is 0.796 bits per heavy atom. The lowest BCUT2D eigenvalue weighted by Crippen LogP contribution is -2.31. The number of hydrogen-bond acceptors (Lipinski definition) is 14. The van der Waals surface area contributed by atoms with Crippen molar-refractivity contribution in [3.05, 3.63) is 91.0 Å². The summed E-state index contributed by atoms with van der Waals surface area (Å²) in [5, 5.41) is 1.43. The van der Waals surface area contributed by atoms with Gasteiger partial charge < -0.3 is 34.3 Å². The number of aromatic nitrogens is 4. The minimum Gasteiger partial charge on any atom is -0.404 e. The van der Waals surface area contributed by atoms with Gasteiger partial charge in [-0.05, 0) is 28.5 Å². The molecule has 2 aromatic heterocycles. The molecule has 3 aromatic carbocycles. The molecule has 0 amide bonds. The molecule has 5 unspecified atom stereocenters. The zero-order valence-electron chi connectivity index (χ0n) is 25.0. The molecule has 7 rings (SSSR count). The van der Waals surface area contributed by atoms with Crippen LogP contribution in [0.5, 0.6) is 5.75 Å². The Morgan fingerprint density at radius 3 is 2.31 bits per heavy atom. The molecule has 21 heteroatoms. The number of hydrogen-bond donors (Lipinski definition) is 4. The molecule has 8 atom stereocenters. The molecule has 5 aromatic rings. The van der Waals surface area contributed by atoms with Crippen LogP contribution in [0.2, 0.25) is 0 Å². The molecule has 2 saturated heterocycles. The highest BCUT2D eigenvalue weighted by molar-refractivity contribution is 7.67. The average Bonchev–Trinajstić information content (AvgIpc) is 3.74. The van der Waals surface area contributed by atoms with E-state index in [-0.39, 0.29) is 11.6 Å². The van der Waals surface area contributed by atoms with Crippen molar-refractivity contribution in [2.75, 3.05) is 12.3 Å². The minimum atomic E-state index is -5.75. The molecule has 18 nitrogen and oxygen atoms in total. The first kappa shape index (κ1) is 33.9. The predicted octanol–water partition coefficient (Wildman–Crippen LogP) is 4.24. The molecule has 0 spiro atoms. The van der Waals surface area contributed by atoms with Gasteiger partial charge in [-0.3, -0.25) is 14.0 Å². The third-order valence-corrected chi connectivity index (χ3v) is 11.8. The molecule has 0 saturated carbocycles. The largest absolute Gasteiger partial charge is 0.536 e. The summed E-state index contributed by atoms with van der Waals surface area (Å²) < 4.78 is 76.4. The molecule has 0 bridgehead atoms. The number of anilines is 1. The number of nitrogen functional groups attached to an aromatic ring is 1. The maximum atomic E-state index is 12.8. The Bertz CT molecular complexity index is 2140. The van der Waals surface area contributed by atoms with Crippen LogP contribution in [-0.4, -0.2) is 65.4 Å². The fraction of sp³-hybridized carbons (Fsp3) is 0.250. The van der Waals surface area contributed by atoms with Crippen LogP contribution >= 0.6 is 23.5 Å². The fourth-order valence-electron chi connectivity index (χ4n) is 5.56. The van der Waals surface area contributed by atoms with E-state index in [1.54, 1.807) is 34.9 Å². The molecule has 49 heavy (non-hydrogen) atoms. The van der Waals surface area contributed by atoms with Gasteiger partial charge in [0, 0.05) is 6.42 Å². The van der Waals surface area contributed by atoms with Crippen molar-refractivity contribution in [1.82, 2.24) is 19.5 Å². The van der Waals surface area contributed by atoms with Crippen molar-refractivity contribution >= 4 is 51.2 Å². The smallest absolute Gasteiger partial charge is 0.404 e. The average molecular weight is 735 g/mol. The second-order valence-electron chi connectivity index (χ2n) is 10.9. The van der Waals surface area contributed by atoms with Gasteiger partial charge in [0.05, 0.1) is 12.9 Å². The molecule has 2 fully saturated rings. The van der Waals surface area contributed by atoms with Gasteiger partial charge >= 0.3 is 23.5 Å². The standard InChI is InChI=1S/C28H28N5O13P3/c29-26-23-27(31-15-30-26)33(16-32-23)28-25-24(42-22(43-25)12-17-6-2-1-3-7-17)21(41-28)14-40-47(34,35)45-49(38,39)46-48(36,37)44-20-11-10-18-8-4-5-9-19(18)13-20/h1-11,13,15-16,21-22,24-25,28H,12,14H2,(H,34,35)(H,36,37)(H,38,39)(H2,29,30,31)/t21-,22?,24?,25+,28-/m1/s1. The molecule has 2 aliphatic rings. The van der Waals surface area contributed by atoms with Gasteiger partial charge in [-0.2, -0.15) is 8.62 Å². The highest BCUT2D eigenvalue weighted by Crippen LogP contribution is 2.67. The third-order valence-electron chi connectivity index (χ3n) is 7.57. The maximum absolute atomic E-state index is 12.8. The highest BCUT2D eigenvalue weighted by atomic mass is 31.3. The molecule has 0 radical (unpaired) electrons. The van der Waals surface area contributed by atoms with Gasteiger partial charge in [0.25, 0.3) is 0 Å². The Hall–Kier alpha value is -3.60. The normalized spacial score (nSPS) is 25.8. The van der Waals surface area contributed by atoms with Crippen LogP contribution in [0.4, 0.5) is 5.82 Å². The molecular formula is C28H28N5O13P3. The number of phosphoric ester groups is 2. The van der Waals surface area contributed by atoms with E-state index in [0.717, 1.165) is 10.9 Å². The first-order chi connectivity index (χ1) is 23.3. The van der Waals surface area contributed by atoms with E-state index in [1.807, 2.05) is 30.3 Å². The summed E-state index contributed by atoms with van der Waals surface area (Å²) in [5.74, 6) is -0.0486. The number of nitrogens with zero attached hydrogens (tertiary/aromatic N) is 4. The lowest BCUT2D eigenvalue weighted by molar-refractivity contribution is -0.149. The van der Waals surface area contributed by atoms with Crippen molar-refractivity contribution in [1.29, 1.82) is 0 Å². The Labute approximate surface area is 277 Å². The van der Waals surface area contributed by atoms with Crippen LogP contribution < -0.4 is 10.3 Å². The van der Waals surface area contributed by atoms with Crippen LogP contribution in [0.25, 0.3) is 21.9 Å². The Balaban J connectivity index is 1.03. The van der Waals surface area contributed by atoms with Gasteiger partial charge in [-0.25, -0.2) is 28.6 Å².